The van der Waals surface area contributed by atoms with E-state index in [4.69, 9.17) is 4.74 Å². The molecule has 0 saturated heterocycles. The summed E-state index contributed by atoms with van der Waals surface area (Å²) in [4.78, 5) is 0. The van der Waals surface area contributed by atoms with Crippen LogP contribution in [0.4, 0.5) is 0 Å². The minimum absolute atomic E-state index is 0.307. The Morgan fingerprint density at radius 1 is 1.44 bits per heavy atom. The number of methoxy groups -OCH3 is 1. The van der Waals surface area contributed by atoms with Gasteiger partial charge in [-0.2, -0.15) is 0 Å². The van der Waals surface area contributed by atoms with Crippen molar-refractivity contribution in [3.8, 4) is 0 Å². The topological polar surface area (TPSA) is 52.0 Å². The standard InChI is InChI=1S/C13H26N4O/c1-5-7-17-13(9-15-16-17)12(14-6-2)8-11(3)10-18-4/h9,11-12,14H,5-8,10H2,1-4H3. The Bertz CT molecular complexity index is 327. The Hall–Kier alpha value is -0.940. The van der Waals surface area contributed by atoms with Gasteiger partial charge in [0.25, 0.3) is 0 Å². The van der Waals surface area contributed by atoms with Crippen LogP contribution in [0.1, 0.15) is 45.3 Å². The van der Waals surface area contributed by atoms with Gasteiger partial charge in [0.15, 0.2) is 0 Å². The molecule has 1 rings (SSSR count). The molecule has 0 aliphatic rings. The van der Waals surface area contributed by atoms with Crippen LogP contribution in [0.5, 0.6) is 0 Å². The van der Waals surface area contributed by atoms with E-state index in [0.29, 0.717) is 12.0 Å². The first-order valence-corrected chi connectivity index (χ1v) is 6.83. The smallest absolute Gasteiger partial charge is 0.0756 e. The number of ether oxygens (including phenoxy) is 1. The number of nitrogens with one attached hydrogen (secondary N) is 1. The molecule has 5 nitrogen and oxygen atoms in total. The number of aryl methyl sites for hydroxylation is 1. The summed E-state index contributed by atoms with van der Waals surface area (Å²) in [5, 5.41) is 11.7. The van der Waals surface area contributed by atoms with Crippen LogP contribution in [0.3, 0.4) is 0 Å². The van der Waals surface area contributed by atoms with Crippen LogP contribution in [-0.2, 0) is 11.3 Å². The molecule has 2 atom stereocenters. The molecule has 0 spiro atoms. The van der Waals surface area contributed by atoms with Gasteiger partial charge in [-0.15, -0.1) is 5.10 Å². The molecule has 1 aromatic heterocycles. The van der Waals surface area contributed by atoms with Gasteiger partial charge in [0.05, 0.1) is 17.9 Å². The highest BCUT2D eigenvalue weighted by atomic mass is 16.5. The monoisotopic (exact) mass is 254 g/mol. The van der Waals surface area contributed by atoms with Crippen molar-refractivity contribution in [3.05, 3.63) is 11.9 Å². The van der Waals surface area contributed by atoms with Crippen LogP contribution < -0.4 is 5.32 Å². The maximum absolute atomic E-state index is 5.21. The molecule has 0 radical (unpaired) electrons. The van der Waals surface area contributed by atoms with Crippen molar-refractivity contribution in [2.45, 2.75) is 46.2 Å². The fourth-order valence-corrected chi connectivity index (χ4v) is 2.23. The highest BCUT2D eigenvalue weighted by Crippen LogP contribution is 2.21. The maximum Gasteiger partial charge on any atom is 0.0756 e. The molecular formula is C13H26N4O. The van der Waals surface area contributed by atoms with Crippen LogP contribution in [-0.4, -0.2) is 35.3 Å². The third kappa shape index (κ3) is 4.38. The van der Waals surface area contributed by atoms with E-state index in [9.17, 15) is 0 Å². The molecule has 0 amide bonds. The fraction of sp³-hybridized carbons (Fsp3) is 0.846. The average molecular weight is 254 g/mol. The van der Waals surface area contributed by atoms with Gasteiger partial charge in [-0.1, -0.05) is 26.0 Å². The predicted molar refractivity (Wildman–Crippen MR) is 72.4 cm³/mol. The van der Waals surface area contributed by atoms with Crippen molar-refractivity contribution in [2.75, 3.05) is 20.3 Å². The van der Waals surface area contributed by atoms with E-state index in [0.717, 1.165) is 32.5 Å². The first-order valence-electron chi connectivity index (χ1n) is 6.83. The van der Waals surface area contributed by atoms with Gasteiger partial charge in [0, 0.05) is 20.3 Å². The third-order valence-corrected chi connectivity index (χ3v) is 2.98. The van der Waals surface area contributed by atoms with Crippen LogP contribution in [0, 0.1) is 5.92 Å². The second kappa shape index (κ2) is 8.21. The van der Waals surface area contributed by atoms with Crippen molar-refractivity contribution >= 4 is 0 Å². The quantitative estimate of drug-likeness (QED) is 0.732. The van der Waals surface area contributed by atoms with Crippen molar-refractivity contribution < 1.29 is 4.74 Å². The number of hydrogen-bond donors (Lipinski definition) is 1. The van der Waals surface area contributed by atoms with Crippen molar-refractivity contribution in [3.63, 3.8) is 0 Å². The summed E-state index contributed by atoms with van der Waals surface area (Å²) in [5.74, 6) is 0.518. The van der Waals surface area contributed by atoms with Gasteiger partial charge < -0.3 is 10.1 Å². The Kier molecular flexibility index (Phi) is 6.90. The average Bonchev–Trinajstić information content (AvgIpc) is 2.77. The van der Waals surface area contributed by atoms with E-state index in [1.165, 1.54) is 5.69 Å². The molecule has 2 unspecified atom stereocenters. The second-order valence-electron chi connectivity index (χ2n) is 4.79. The van der Waals surface area contributed by atoms with Crippen LogP contribution in [0.15, 0.2) is 6.20 Å². The zero-order valence-corrected chi connectivity index (χ0v) is 12.0. The molecule has 0 saturated carbocycles. The lowest BCUT2D eigenvalue weighted by molar-refractivity contribution is 0.148. The summed E-state index contributed by atoms with van der Waals surface area (Å²) in [6.07, 6.45) is 3.99. The van der Waals surface area contributed by atoms with Gasteiger partial charge in [0.2, 0.25) is 0 Å². The molecule has 0 aliphatic carbocycles. The molecule has 0 aliphatic heterocycles. The first kappa shape index (κ1) is 15.1. The van der Waals surface area contributed by atoms with Crippen LogP contribution >= 0.6 is 0 Å². The highest BCUT2D eigenvalue weighted by Gasteiger charge is 2.18. The van der Waals surface area contributed by atoms with Gasteiger partial charge in [-0.3, -0.25) is 0 Å². The number of nitrogens with zero attached hydrogens (tertiary/aromatic N) is 3. The lowest BCUT2D eigenvalue weighted by Gasteiger charge is -2.21. The Morgan fingerprint density at radius 2 is 2.22 bits per heavy atom. The van der Waals surface area contributed by atoms with Crippen molar-refractivity contribution in [2.24, 2.45) is 5.92 Å². The largest absolute Gasteiger partial charge is 0.384 e. The first-order chi connectivity index (χ1) is 8.72. The summed E-state index contributed by atoms with van der Waals surface area (Å²) < 4.78 is 7.22. The van der Waals surface area contributed by atoms with Crippen molar-refractivity contribution in [1.82, 2.24) is 20.3 Å². The van der Waals surface area contributed by atoms with Gasteiger partial charge in [-0.25, -0.2) is 4.68 Å². The van der Waals surface area contributed by atoms with Gasteiger partial charge >= 0.3 is 0 Å². The minimum atomic E-state index is 0.307. The molecule has 0 fully saturated rings. The maximum atomic E-state index is 5.21. The Morgan fingerprint density at radius 3 is 2.83 bits per heavy atom. The van der Waals surface area contributed by atoms with Crippen LogP contribution in [0.25, 0.3) is 0 Å². The van der Waals surface area contributed by atoms with Crippen molar-refractivity contribution in [1.29, 1.82) is 0 Å². The van der Waals surface area contributed by atoms with Crippen LogP contribution in [0.2, 0.25) is 0 Å². The molecular weight excluding hydrogens is 228 g/mol. The molecule has 0 aromatic carbocycles. The number of aromatic nitrogens is 3. The van der Waals surface area contributed by atoms with E-state index < -0.39 is 0 Å². The van der Waals surface area contributed by atoms with Gasteiger partial charge in [0.1, 0.15) is 0 Å². The number of rotatable bonds is 9. The zero-order valence-electron chi connectivity index (χ0n) is 12.0. The molecule has 1 N–H and O–H groups in total. The van der Waals surface area contributed by atoms with E-state index in [1.807, 2.05) is 10.9 Å². The van der Waals surface area contributed by atoms with E-state index >= 15 is 0 Å². The summed E-state index contributed by atoms with van der Waals surface area (Å²) in [5.41, 5.74) is 1.18. The minimum Gasteiger partial charge on any atom is -0.384 e. The molecule has 1 aromatic rings. The lowest BCUT2D eigenvalue weighted by atomic mass is 10.00. The molecule has 5 heteroatoms. The second-order valence-corrected chi connectivity index (χ2v) is 4.79. The zero-order chi connectivity index (χ0) is 13.4. The molecule has 104 valence electrons. The summed E-state index contributed by atoms with van der Waals surface area (Å²) >= 11 is 0. The van der Waals surface area contributed by atoms with Gasteiger partial charge in [-0.05, 0) is 25.3 Å². The molecule has 0 bridgehead atoms. The predicted octanol–water partition coefficient (Wildman–Crippen LogP) is 2.01. The van der Waals surface area contributed by atoms with E-state index in [-0.39, 0.29) is 0 Å². The fourth-order valence-electron chi connectivity index (χ4n) is 2.23. The number of hydrogen-bond acceptors (Lipinski definition) is 4. The lowest BCUT2D eigenvalue weighted by Crippen LogP contribution is -2.26. The third-order valence-electron chi connectivity index (χ3n) is 2.98. The molecule has 1 heterocycles. The Balaban J connectivity index is 2.73. The normalized spacial score (nSPS) is 14.7. The summed E-state index contributed by atoms with van der Waals surface area (Å²) in [6.45, 7) is 9.15. The SMILES string of the molecule is CCCn1nncc1C(CC(C)COC)NCC. The van der Waals surface area contributed by atoms with E-state index in [2.05, 4.69) is 36.4 Å². The molecule has 18 heavy (non-hydrogen) atoms. The Labute approximate surface area is 110 Å². The highest BCUT2D eigenvalue weighted by molar-refractivity contribution is 5.02. The van der Waals surface area contributed by atoms with E-state index in [1.54, 1.807) is 7.11 Å². The summed E-state index contributed by atoms with van der Waals surface area (Å²) in [7, 11) is 1.75. The summed E-state index contributed by atoms with van der Waals surface area (Å²) in [6, 6.07) is 0.307.